The molecular weight excluding hydrogens is 460 g/mol. The van der Waals surface area contributed by atoms with Crippen LogP contribution in [0.2, 0.25) is 0 Å². The fraction of sp³-hybridized carbons (Fsp3) is 0.611. The van der Waals surface area contributed by atoms with E-state index in [4.69, 9.17) is 12.2 Å². The van der Waals surface area contributed by atoms with Crippen molar-refractivity contribution in [2.24, 2.45) is 0 Å². The Morgan fingerprint density at radius 2 is 1.94 bits per heavy atom. The Bertz CT molecular complexity index is 1170. The first-order valence-corrected chi connectivity index (χ1v) is 13.9. The summed E-state index contributed by atoms with van der Waals surface area (Å²) < 4.78 is 54.6. The smallest absolute Gasteiger partial charge is 0.218 e. The average Bonchev–Trinajstić information content (AvgIpc) is 3.30. The third-order valence-electron chi connectivity index (χ3n) is 5.77. The molecule has 2 aliphatic heterocycles. The molecule has 0 radical (unpaired) electrons. The third kappa shape index (κ3) is 5.22. The minimum atomic E-state index is -3.59. The molecule has 2 aromatic rings. The second kappa shape index (κ2) is 9.06. The van der Waals surface area contributed by atoms with Crippen LogP contribution in [0.3, 0.4) is 0 Å². The number of hydrogen-bond acceptors (Lipinski definition) is 8. The molecule has 0 aromatic carbocycles. The van der Waals surface area contributed by atoms with E-state index in [-0.39, 0.29) is 17.9 Å². The summed E-state index contributed by atoms with van der Waals surface area (Å²) in [7, 11) is -6.83. The molecule has 0 N–H and O–H groups in total. The molecule has 0 aliphatic carbocycles. The van der Waals surface area contributed by atoms with Crippen LogP contribution >= 0.6 is 12.2 Å². The highest BCUT2D eigenvalue weighted by molar-refractivity contribution is 7.95. The summed E-state index contributed by atoms with van der Waals surface area (Å²) in [5.41, 5.74) is 0.990. The van der Waals surface area contributed by atoms with Gasteiger partial charge < -0.3 is 4.57 Å². The molecule has 13 heteroatoms. The Hall–Kier alpha value is -1.67. The van der Waals surface area contributed by atoms with E-state index in [1.165, 1.54) is 4.31 Å². The molecule has 10 nitrogen and oxygen atoms in total. The molecule has 31 heavy (non-hydrogen) atoms. The number of aryl methyl sites for hydroxylation is 2. The van der Waals surface area contributed by atoms with E-state index in [0.717, 1.165) is 12.1 Å². The number of pyridine rings is 1. The van der Waals surface area contributed by atoms with Crippen LogP contribution in [0.15, 0.2) is 30.7 Å². The van der Waals surface area contributed by atoms with Gasteiger partial charge in [-0.3, -0.25) is 9.88 Å². The topological polar surface area (TPSA) is 110 Å². The highest BCUT2D eigenvalue weighted by Crippen LogP contribution is 2.23. The van der Waals surface area contributed by atoms with Gasteiger partial charge in [-0.05, 0) is 30.8 Å². The SMILES string of the molecule is O=S1(=O)CCC(S(=O)(=O)N2CCN(Cn3ncn(CCc4ccccn4)c3=S)CC2)C1. The molecule has 0 amide bonds. The first-order valence-electron chi connectivity index (χ1n) is 10.2. The fourth-order valence-corrected chi connectivity index (χ4v) is 8.68. The molecule has 2 saturated heterocycles. The molecular formula is C18H26N6O4S3. The van der Waals surface area contributed by atoms with Gasteiger partial charge in [0.15, 0.2) is 14.6 Å². The van der Waals surface area contributed by atoms with Gasteiger partial charge in [0.1, 0.15) is 6.33 Å². The van der Waals surface area contributed by atoms with Crippen LogP contribution in [0.4, 0.5) is 0 Å². The van der Waals surface area contributed by atoms with Gasteiger partial charge in [-0.2, -0.15) is 9.40 Å². The molecule has 1 atom stereocenters. The van der Waals surface area contributed by atoms with Crippen molar-refractivity contribution >= 4 is 32.1 Å². The zero-order chi connectivity index (χ0) is 22.1. The summed E-state index contributed by atoms with van der Waals surface area (Å²) >= 11 is 5.54. The number of rotatable bonds is 7. The minimum Gasteiger partial charge on any atom is -0.306 e. The van der Waals surface area contributed by atoms with Crippen LogP contribution in [-0.4, -0.2) is 88.3 Å². The third-order valence-corrected chi connectivity index (χ3v) is 10.5. The molecule has 4 rings (SSSR count). The van der Waals surface area contributed by atoms with E-state index in [1.54, 1.807) is 17.2 Å². The zero-order valence-electron chi connectivity index (χ0n) is 17.1. The van der Waals surface area contributed by atoms with Gasteiger partial charge in [-0.15, -0.1) is 0 Å². The van der Waals surface area contributed by atoms with Crippen LogP contribution in [0.1, 0.15) is 12.1 Å². The van der Waals surface area contributed by atoms with E-state index in [9.17, 15) is 16.8 Å². The number of sulfonamides is 1. The van der Waals surface area contributed by atoms with Crippen molar-refractivity contribution in [1.29, 1.82) is 0 Å². The van der Waals surface area contributed by atoms with Crippen LogP contribution in [0, 0.1) is 4.77 Å². The number of nitrogens with zero attached hydrogens (tertiary/aromatic N) is 6. The molecule has 2 aliphatic rings. The van der Waals surface area contributed by atoms with E-state index in [1.807, 2.05) is 22.8 Å². The van der Waals surface area contributed by atoms with E-state index in [2.05, 4.69) is 15.0 Å². The average molecular weight is 487 g/mol. The van der Waals surface area contributed by atoms with Crippen LogP contribution in [-0.2, 0) is 39.5 Å². The first kappa shape index (κ1) is 22.5. The predicted octanol–water partition coefficient (Wildman–Crippen LogP) is 0.144. The summed E-state index contributed by atoms with van der Waals surface area (Å²) in [6, 6.07) is 5.81. The van der Waals surface area contributed by atoms with Gasteiger partial charge in [-0.1, -0.05) is 6.07 Å². The molecule has 4 heterocycles. The van der Waals surface area contributed by atoms with Gasteiger partial charge in [0.2, 0.25) is 10.0 Å². The van der Waals surface area contributed by atoms with Crippen molar-refractivity contribution in [1.82, 2.24) is 28.5 Å². The second-order valence-electron chi connectivity index (χ2n) is 7.91. The lowest BCUT2D eigenvalue weighted by Gasteiger charge is -2.34. The molecule has 0 bridgehead atoms. The summed E-state index contributed by atoms with van der Waals surface area (Å²) in [6.45, 7) is 2.94. The maximum atomic E-state index is 12.8. The highest BCUT2D eigenvalue weighted by Gasteiger charge is 2.41. The Labute approximate surface area is 187 Å². The van der Waals surface area contributed by atoms with E-state index < -0.39 is 25.1 Å². The van der Waals surface area contributed by atoms with E-state index >= 15 is 0 Å². The normalized spacial score (nSPS) is 22.6. The first-order chi connectivity index (χ1) is 14.7. The largest absolute Gasteiger partial charge is 0.306 e. The van der Waals surface area contributed by atoms with Crippen molar-refractivity contribution in [3.8, 4) is 0 Å². The zero-order valence-corrected chi connectivity index (χ0v) is 19.5. The standard InChI is InChI=1S/C18H26N6O4S3/c25-30(26)12-5-17(13-30)31(27,28)23-10-8-21(9-11-23)15-24-18(29)22(14-20-24)7-4-16-3-1-2-6-19-16/h1-3,6,14,17H,4-5,7-13,15H2. The van der Waals surface area contributed by atoms with Crippen molar-refractivity contribution in [2.75, 3.05) is 37.7 Å². The lowest BCUT2D eigenvalue weighted by molar-refractivity contribution is 0.144. The predicted molar refractivity (Wildman–Crippen MR) is 118 cm³/mol. The lowest BCUT2D eigenvalue weighted by Crippen LogP contribution is -2.51. The van der Waals surface area contributed by atoms with Crippen LogP contribution < -0.4 is 0 Å². The maximum absolute atomic E-state index is 12.8. The Morgan fingerprint density at radius 1 is 1.16 bits per heavy atom. The summed E-state index contributed by atoms with van der Waals surface area (Å²) in [5, 5.41) is 3.57. The lowest BCUT2D eigenvalue weighted by atomic mass is 10.3. The Morgan fingerprint density at radius 3 is 2.58 bits per heavy atom. The summed E-state index contributed by atoms with van der Waals surface area (Å²) in [5.74, 6) is -0.307. The van der Waals surface area contributed by atoms with Crippen molar-refractivity contribution < 1.29 is 16.8 Å². The van der Waals surface area contributed by atoms with Crippen LogP contribution in [0.5, 0.6) is 0 Å². The number of piperazine rings is 1. The molecule has 1 unspecified atom stereocenters. The van der Waals surface area contributed by atoms with Gasteiger partial charge >= 0.3 is 0 Å². The summed E-state index contributed by atoms with van der Waals surface area (Å²) in [6.07, 6.45) is 4.43. The van der Waals surface area contributed by atoms with Crippen molar-refractivity contribution in [2.45, 2.75) is 31.3 Å². The van der Waals surface area contributed by atoms with Crippen molar-refractivity contribution in [3.05, 3.63) is 41.2 Å². The van der Waals surface area contributed by atoms with Crippen LogP contribution in [0.25, 0.3) is 0 Å². The quantitative estimate of drug-likeness (QED) is 0.509. The number of aromatic nitrogens is 4. The Balaban J connectivity index is 1.31. The van der Waals surface area contributed by atoms with Crippen molar-refractivity contribution in [3.63, 3.8) is 0 Å². The molecule has 2 fully saturated rings. The van der Waals surface area contributed by atoms with E-state index in [0.29, 0.717) is 44.2 Å². The highest BCUT2D eigenvalue weighted by atomic mass is 32.2. The molecule has 0 saturated carbocycles. The van der Waals surface area contributed by atoms with Gasteiger partial charge in [0.05, 0.1) is 23.4 Å². The molecule has 2 aromatic heterocycles. The molecule has 0 spiro atoms. The van der Waals surface area contributed by atoms with Gasteiger partial charge in [0, 0.05) is 51.0 Å². The monoisotopic (exact) mass is 486 g/mol. The fourth-order valence-electron chi connectivity index (χ4n) is 3.92. The number of sulfone groups is 1. The maximum Gasteiger partial charge on any atom is 0.218 e. The van der Waals surface area contributed by atoms with Gasteiger partial charge in [-0.25, -0.2) is 21.5 Å². The summed E-state index contributed by atoms with van der Waals surface area (Å²) in [4.78, 5) is 6.42. The second-order valence-corrected chi connectivity index (χ2v) is 12.7. The molecule has 170 valence electrons. The Kier molecular flexibility index (Phi) is 6.58. The minimum absolute atomic E-state index is 0.0435. The van der Waals surface area contributed by atoms with Gasteiger partial charge in [0.25, 0.3) is 0 Å². The number of hydrogen-bond donors (Lipinski definition) is 0.